The third-order valence-corrected chi connectivity index (χ3v) is 5.59. The molecule has 2 atom stereocenters. The summed E-state index contributed by atoms with van der Waals surface area (Å²) in [5.41, 5.74) is 8.97. The Bertz CT molecular complexity index is 449. The van der Waals surface area contributed by atoms with Gasteiger partial charge in [0.1, 0.15) is 0 Å². The average molecular weight is 286 g/mol. The van der Waals surface area contributed by atoms with Gasteiger partial charge in [-0.3, -0.25) is 4.90 Å². The van der Waals surface area contributed by atoms with E-state index in [1.165, 1.54) is 50.5 Å². The minimum absolute atomic E-state index is 0.573. The Labute approximate surface area is 129 Å². The number of likely N-dealkylation sites (tertiary alicyclic amines) is 1. The van der Waals surface area contributed by atoms with Gasteiger partial charge in [0.05, 0.1) is 0 Å². The van der Waals surface area contributed by atoms with Crippen LogP contribution in [0.1, 0.15) is 68.0 Å². The summed E-state index contributed by atoms with van der Waals surface area (Å²) in [6, 6.07) is 10.0. The fraction of sp³-hybridized carbons (Fsp3) is 0.684. The van der Waals surface area contributed by atoms with Crippen molar-refractivity contribution in [2.24, 2.45) is 11.7 Å². The summed E-state index contributed by atoms with van der Waals surface area (Å²) >= 11 is 0. The van der Waals surface area contributed by atoms with Gasteiger partial charge in [0.2, 0.25) is 0 Å². The first-order valence-corrected chi connectivity index (χ1v) is 8.78. The summed E-state index contributed by atoms with van der Waals surface area (Å²) < 4.78 is 0. The second-order valence-corrected chi connectivity index (χ2v) is 7.15. The van der Waals surface area contributed by atoms with E-state index in [0.717, 1.165) is 19.0 Å². The molecule has 2 fully saturated rings. The lowest BCUT2D eigenvalue weighted by atomic mass is 9.89. The van der Waals surface area contributed by atoms with Crippen LogP contribution in [0.5, 0.6) is 0 Å². The number of benzene rings is 1. The first kappa shape index (κ1) is 15.1. The molecule has 2 N–H and O–H groups in total. The number of rotatable bonds is 3. The molecular weight excluding hydrogens is 256 g/mol. The van der Waals surface area contributed by atoms with Crippen molar-refractivity contribution in [1.82, 2.24) is 4.90 Å². The molecule has 2 unspecified atom stereocenters. The van der Waals surface area contributed by atoms with E-state index < -0.39 is 0 Å². The first-order chi connectivity index (χ1) is 10.3. The molecule has 1 saturated heterocycles. The number of nitrogens with two attached hydrogens (primary N) is 1. The van der Waals surface area contributed by atoms with E-state index in [1.807, 2.05) is 0 Å². The van der Waals surface area contributed by atoms with Crippen molar-refractivity contribution in [3.63, 3.8) is 0 Å². The van der Waals surface area contributed by atoms with Crippen LogP contribution >= 0.6 is 0 Å². The highest BCUT2D eigenvalue weighted by Crippen LogP contribution is 2.37. The summed E-state index contributed by atoms with van der Waals surface area (Å²) in [6.07, 6.45) is 9.67. The predicted octanol–water partition coefficient (Wildman–Crippen LogP) is 4.08. The highest BCUT2D eigenvalue weighted by atomic mass is 15.2. The Morgan fingerprint density at radius 1 is 1.10 bits per heavy atom. The average Bonchev–Trinajstić information content (AvgIpc) is 2.73. The van der Waals surface area contributed by atoms with Crippen LogP contribution in [0.2, 0.25) is 0 Å². The van der Waals surface area contributed by atoms with Gasteiger partial charge in [-0.25, -0.2) is 0 Å². The zero-order valence-electron chi connectivity index (χ0n) is 13.4. The first-order valence-electron chi connectivity index (χ1n) is 8.78. The van der Waals surface area contributed by atoms with Crippen LogP contribution in [0.25, 0.3) is 0 Å². The molecule has 0 bridgehead atoms. The summed E-state index contributed by atoms with van der Waals surface area (Å²) in [4.78, 5) is 2.49. The topological polar surface area (TPSA) is 29.3 Å². The van der Waals surface area contributed by atoms with E-state index in [-0.39, 0.29) is 0 Å². The molecule has 1 aliphatic heterocycles. The van der Waals surface area contributed by atoms with Crippen LogP contribution in [-0.4, -0.2) is 25.0 Å². The molecule has 2 nitrogen and oxygen atoms in total. The monoisotopic (exact) mass is 286 g/mol. The van der Waals surface area contributed by atoms with Crippen molar-refractivity contribution in [2.75, 3.05) is 20.1 Å². The van der Waals surface area contributed by atoms with Crippen LogP contribution in [0.3, 0.4) is 0 Å². The molecule has 116 valence electrons. The van der Waals surface area contributed by atoms with Crippen molar-refractivity contribution in [2.45, 2.75) is 56.9 Å². The predicted molar refractivity (Wildman–Crippen MR) is 89.4 cm³/mol. The van der Waals surface area contributed by atoms with Gasteiger partial charge in [-0.2, -0.15) is 0 Å². The van der Waals surface area contributed by atoms with Gasteiger partial charge in [-0.15, -0.1) is 0 Å². The van der Waals surface area contributed by atoms with Gasteiger partial charge >= 0.3 is 0 Å². The summed E-state index contributed by atoms with van der Waals surface area (Å²) in [5.74, 6) is 1.46. The van der Waals surface area contributed by atoms with Crippen molar-refractivity contribution in [1.29, 1.82) is 0 Å². The highest BCUT2D eigenvalue weighted by Gasteiger charge is 2.30. The van der Waals surface area contributed by atoms with Crippen LogP contribution in [0.4, 0.5) is 0 Å². The van der Waals surface area contributed by atoms with Crippen LogP contribution < -0.4 is 5.73 Å². The number of hydrogen-bond donors (Lipinski definition) is 1. The van der Waals surface area contributed by atoms with Crippen molar-refractivity contribution in [3.05, 3.63) is 35.4 Å². The van der Waals surface area contributed by atoms with Crippen LogP contribution in [-0.2, 0) is 0 Å². The standard InChI is InChI=1S/C19H30N2/c1-21-14-15(13-20)11-19(21)18-10-6-9-17(12-18)16-7-4-2-3-5-8-16/h6,9-10,12,15-16,19H,2-5,7-8,11,13-14,20H2,1H3. The van der Waals surface area contributed by atoms with Crippen molar-refractivity contribution in [3.8, 4) is 0 Å². The van der Waals surface area contributed by atoms with Crippen LogP contribution in [0, 0.1) is 5.92 Å². The molecule has 3 rings (SSSR count). The van der Waals surface area contributed by atoms with Gasteiger partial charge in [0, 0.05) is 12.6 Å². The Hall–Kier alpha value is -0.860. The second-order valence-electron chi connectivity index (χ2n) is 7.15. The molecule has 1 aromatic rings. The molecule has 0 radical (unpaired) electrons. The molecule has 1 aromatic carbocycles. The van der Waals surface area contributed by atoms with E-state index in [9.17, 15) is 0 Å². The third kappa shape index (κ3) is 3.49. The van der Waals surface area contributed by atoms with Crippen molar-refractivity contribution < 1.29 is 0 Å². The molecule has 0 spiro atoms. The summed E-state index contributed by atoms with van der Waals surface area (Å²) in [6.45, 7) is 1.97. The smallest absolute Gasteiger partial charge is 0.0348 e. The maximum atomic E-state index is 5.87. The number of nitrogens with zero attached hydrogens (tertiary/aromatic N) is 1. The van der Waals surface area contributed by atoms with E-state index >= 15 is 0 Å². The quantitative estimate of drug-likeness (QED) is 0.849. The van der Waals surface area contributed by atoms with E-state index in [2.05, 4.69) is 36.2 Å². The maximum absolute atomic E-state index is 5.87. The molecule has 2 aliphatic rings. The minimum Gasteiger partial charge on any atom is -0.330 e. The molecule has 2 heteroatoms. The zero-order valence-corrected chi connectivity index (χ0v) is 13.4. The lowest BCUT2D eigenvalue weighted by molar-refractivity contribution is 0.313. The molecule has 1 heterocycles. The Morgan fingerprint density at radius 2 is 1.81 bits per heavy atom. The Balaban J connectivity index is 1.76. The van der Waals surface area contributed by atoms with E-state index in [1.54, 1.807) is 5.56 Å². The van der Waals surface area contributed by atoms with Gasteiger partial charge in [0.25, 0.3) is 0 Å². The molecule has 0 aromatic heterocycles. The van der Waals surface area contributed by atoms with Crippen molar-refractivity contribution >= 4 is 0 Å². The highest BCUT2D eigenvalue weighted by molar-refractivity contribution is 5.29. The fourth-order valence-corrected chi connectivity index (χ4v) is 4.30. The summed E-state index contributed by atoms with van der Waals surface area (Å²) in [7, 11) is 2.25. The van der Waals surface area contributed by atoms with Gasteiger partial charge in [-0.1, -0.05) is 49.9 Å². The molecule has 0 amide bonds. The lowest BCUT2D eigenvalue weighted by Crippen LogP contribution is -2.20. The largest absolute Gasteiger partial charge is 0.330 e. The molecule has 1 saturated carbocycles. The normalized spacial score (nSPS) is 28.7. The fourth-order valence-electron chi connectivity index (χ4n) is 4.30. The third-order valence-electron chi connectivity index (χ3n) is 5.59. The molecule has 1 aliphatic carbocycles. The van der Waals surface area contributed by atoms with Gasteiger partial charge in [0.15, 0.2) is 0 Å². The Kier molecular flexibility index (Phi) is 4.97. The minimum atomic E-state index is 0.573. The Morgan fingerprint density at radius 3 is 2.48 bits per heavy atom. The molecular formula is C19H30N2. The maximum Gasteiger partial charge on any atom is 0.0348 e. The zero-order chi connectivity index (χ0) is 14.7. The van der Waals surface area contributed by atoms with Crippen LogP contribution in [0.15, 0.2) is 24.3 Å². The second kappa shape index (κ2) is 6.93. The van der Waals surface area contributed by atoms with Gasteiger partial charge < -0.3 is 5.73 Å². The molecule has 21 heavy (non-hydrogen) atoms. The van der Waals surface area contributed by atoms with E-state index in [0.29, 0.717) is 12.0 Å². The summed E-state index contributed by atoms with van der Waals surface area (Å²) in [5, 5.41) is 0. The SMILES string of the molecule is CN1CC(CN)CC1c1cccc(C2CCCCCC2)c1. The van der Waals surface area contributed by atoms with E-state index in [4.69, 9.17) is 5.73 Å². The van der Waals surface area contributed by atoms with Gasteiger partial charge in [-0.05, 0) is 55.8 Å². The number of hydrogen-bond acceptors (Lipinski definition) is 2. The lowest BCUT2D eigenvalue weighted by Gasteiger charge is -2.22.